The predicted molar refractivity (Wildman–Crippen MR) is 53.2 cm³/mol. The minimum atomic E-state index is -0.196. The molecule has 0 aromatic carbocycles. The smallest absolute Gasteiger partial charge is 0.134 e. The molecule has 5 nitrogen and oxygen atoms in total. The molecule has 1 heterocycles. The van der Waals surface area contributed by atoms with Crippen LogP contribution in [0.5, 0.6) is 0 Å². The zero-order valence-electron chi connectivity index (χ0n) is 7.76. The molecule has 0 aromatic rings. The largest absolute Gasteiger partial charge is 0.351 e. The summed E-state index contributed by atoms with van der Waals surface area (Å²) in [6.45, 7) is 0.715. The minimum absolute atomic E-state index is 0.0383. The van der Waals surface area contributed by atoms with Gasteiger partial charge in [0.25, 0.3) is 0 Å². The van der Waals surface area contributed by atoms with Crippen LogP contribution in [0.1, 0.15) is 6.42 Å². The maximum absolute atomic E-state index is 5.70. The van der Waals surface area contributed by atoms with E-state index in [1.807, 2.05) is 6.21 Å². The molecule has 0 radical (unpaired) electrons. The molecule has 0 amide bonds. The van der Waals surface area contributed by atoms with Gasteiger partial charge >= 0.3 is 0 Å². The van der Waals surface area contributed by atoms with Crippen LogP contribution in [0.15, 0.2) is 9.98 Å². The Kier molecular flexibility index (Phi) is 4.01. The van der Waals surface area contributed by atoms with Gasteiger partial charge in [-0.1, -0.05) is 0 Å². The average Bonchev–Trinajstić information content (AvgIpc) is 2.82. The summed E-state index contributed by atoms with van der Waals surface area (Å²) >= 11 is 0. The van der Waals surface area contributed by atoms with Crippen LogP contribution in [-0.4, -0.2) is 44.4 Å². The molecule has 1 saturated heterocycles. The summed E-state index contributed by atoms with van der Waals surface area (Å²) in [7, 11) is 1.74. The van der Waals surface area contributed by atoms with Gasteiger partial charge in [-0.3, -0.25) is 4.99 Å². The quantitative estimate of drug-likeness (QED) is 0.331. The summed E-state index contributed by atoms with van der Waals surface area (Å²) in [4.78, 5) is 7.96. The van der Waals surface area contributed by atoms with Crippen molar-refractivity contribution >= 4 is 12.4 Å². The maximum Gasteiger partial charge on any atom is 0.134 e. The van der Waals surface area contributed by atoms with Gasteiger partial charge in [-0.05, 0) is 0 Å². The summed E-state index contributed by atoms with van der Waals surface area (Å²) in [5, 5.41) is 0. The van der Waals surface area contributed by atoms with E-state index in [-0.39, 0.29) is 18.4 Å². The third kappa shape index (κ3) is 3.63. The molecule has 0 aromatic heterocycles. The zero-order chi connectivity index (χ0) is 9.68. The van der Waals surface area contributed by atoms with Crippen molar-refractivity contribution in [2.75, 3.05) is 13.6 Å². The third-order valence-electron chi connectivity index (χ3n) is 1.79. The van der Waals surface area contributed by atoms with Crippen molar-refractivity contribution in [1.29, 1.82) is 0 Å². The van der Waals surface area contributed by atoms with E-state index >= 15 is 0 Å². The number of hydrogen-bond acceptors (Lipinski definition) is 5. The lowest BCUT2D eigenvalue weighted by Crippen LogP contribution is -2.31. The fraction of sp³-hybridized carbons (Fsp3) is 0.750. The lowest BCUT2D eigenvalue weighted by Gasteiger charge is -1.98. The summed E-state index contributed by atoms with van der Waals surface area (Å²) in [6.07, 6.45) is 4.13. The molecule has 0 bridgehead atoms. The molecule has 1 rings (SSSR count). The van der Waals surface area contributed by atoms with Gasteiger partial charge in [0.05, 0.1) is 6.04 Å². The van der Waals surface area contributed by atoms with Gasteiger partial charge < -0.3 is 21.2 Å². The van der Waals surface area contributed by atoms with Gasteiger partial charge in [0.1, 0.15) is 12.3 Å². The number of epoxide rings is 1. The Morgan fingerprint density at radius 1 is 1.62 bits per heavy atom. The molecule has 13 heavy (non-hydrogen) atoms. The molecule has 1 aliphatic rings. The second-order valence-corrected chi connectivity index (χ2v) is 2.93. The molecule has 0 saturated carbocycles. The Hall–Kier alpha value is -0.780. The van der Waals surface area contributed by atoms with E-state index < -0.39 is 0 Å². The van der Waals surface area contributed by atoms with Crippen LogP contribution in [0.4, 0.5) is 0 Å². The van der Waals surface area contributed by atoms with E-state index in [4.69, 9.17) is 16.2 Å². The number of rotatable bonds is 5. The molecule has 0 spiro atoms. The van der Waals surface area contributed by atoms with Crippen LogP contribution >= 0.6 is 0 Å². The van der Waals surface area contributed by atoms with Crippen molar-refractivity contribution in [2.24, 2.45) is 21.5 Å². The summed E-state index contributed by atoms with van der Waals surface area (Å²) in [5.74, 6) is 0. The zero-order valence-corrected chi connectivity index (χ0v) is 7.76. The first-order valence-electron chi connectivity index (χ1n) is 4.33. The van der Waals surface area contributed by atoms with Crippen molar-refractivity contribution < 1.29 is 4.74 Å². The van der Waals surface area contributed by atoms with Crippen LogP contribution in [0, 0.1) is 0 Å². The van der Waals surface area contributed by atoms with Gasteiger partial charge in [-0.25, -0.2) is 0 Å². The van der Waals surface area contributed by atoms with E-state index in [2.05, 4.69) is 9.98 Å². The van der Waals surface area contributed by atoms with Gasteiger partial charge in [0, 0.05) is 32.4 Å². The average molecular weight is 184 g/mol. The molecule has 5 heteroatoms. The third-order valence-corrected chi connectivity index (χ3v) is 1.79. The molecular formula is C8H16N4O. The standard InChI is InChI=1S/C8H16N4O/c1-11-3-2-4-12-5-6(9)7-8(10)13-7/h3,5-8H,2,4,9-10H2,1H3/b11-3+,12-5+. The monoisotopic (exact) mass is 184 g/mol. The van der Waals surface area contributed by atoms with Crippen LogP contribution in [0.25, 0.3) is 0 Å². The molecule has 3 unspecified atom stereocenters. The van der Waals surface area contributed by atoms with E-state index in [9.17, 15) is 0 Å². The number of ether oxygens (including phenoxy) is 1. The number of hydrogen-bond donors (Lipinski definition) is 2. The molecular weight excluding hydrogens is 168 g/mol. The normalized spacial score (nSPS) is 30.1. The van der Waals surface area contributed by atoms with Crippen molar-refractivity contribution in [1.82, 2.24) is 0 Å². The van der Waals surface area contributed by atoms with Crippen LogP contribution in [0.2, 0.25) is 0 Å². The Morgan fingerprint density at radius 2 is 2.31 bits per heavy atom. The fourth-order valence-corrected chi connectivity index (χ4v) is 0.988. The molecule has 1 aliphatic heterocycles. The molecule has 1 fully saturated rings. The van der Waals surface area contributed by atoms with Gasteiger partial charge in [-0.2, -0.15) is 0 Å². The first-order chi connectivity index (χ1) is 6.25. The first-order valence-corrected chi connectivity index (χ1v) is 4.33. The van der Waals surface area contributed by atoms with Crippen molar-refractivity contribution in [2.45, 2.75) is 24.8 Å². The number of nitrogens with zero attached hydrogens (tertiary/aromatic N) is 2. The number of aliphatic imine (C=N–C) groups is 2. The van der Waals surface area contributed by atoms with E-state index in [0.29, 0.717) is 6.54 Å². The van der Waals surface area contributed by atoms with Gasteiger partial charge in [0.15, 0.2) is 0 Å². The highest BCUT2D eigenvalue weighted by Crippen LogP contribution is 2.17. The lowest BCUT2D eigenvalue weighted by molar-refractivity contribution is 0.367. The minimum Gasteiger partial charge on any atom is -0.351 e. The highest BCUT2D eigenvalue weighted by molar-refractivity contribution is 5.66. The Morgan fingerprint density at radius 3 is 2.85 bits per heavy atom. The molecule has 74 valence electrons. The topological polar surface area (TPSA) is 89.3 Å². The Labute approximate surface area is 77.9 Å². The van der Waals surface area contributed by atoms with E-state index in [1.54, 1.807) is 13.3 Å². The highest BCUT2D eigenvalue weighted by Gasteiger charge is 2.39. The van der Waals surface area contributed by atoms with Gasteiger partial charge in [0.2, 0.25) is 0 Å². The molecule has 0 aliphatic carbocycles. The summed E-state index contributed by atoms with van der Waals surface area (Å²) in [5.41, 5.74) is 11.1. The first kappa shape index (κ1) is 10.3. The Bertz CT molecular complexity index is 204. The molecule has 3 atom stereocenters. The Balaban J connectivity index is 2.09. The lowest BCUT2D eigenvalue weighted by atomic mass is 10.2. The van der Waals surface area contributed by atoms with E-state index in [1.165, 1.54) is 0 Å². The van der Waals surface area contributed by atoms with Crippen LogP contribution in [-0.2, 0) is 4.74 Å². The van der Waals surface area contributed by atoms with Crippen molar-refractivity contribution in [3.63, 3.8) is 0 Å². The maximum atomic E-state index is 5.70. The highest BCUT2D eigenvalue weighted by atomic mass is 16.6. The van der Waals surface area contributed by atoms with Crippen molar-refractivity contribution in [3.8, 4) is 0 Å². The second-order valence-electron chi connectivity index (χ2n) is 2.93. The van der Waals surface area contributed by atoms with Gasteiger partial charge in [-0.15, -0.1) is 0 Å². The predicted octanol–water partition coefficient (Wildman–Crippen LogP) is -0.841. The van der Waals surface area contributed by atoms with Crippen LogP contribution in [0.3, 0.4) is 0 Å². The fourth-order valence-electron chi connectivity index (χ4n) is 0.988. The SMILES string of the molecule is C/N=C/CC/N=C/C(N)C1OC1N. The summed E-state index contributed by atoms with van der Waals surface area (Å²) < 4.78 is 4.99. The molecule has 4 N–H and O–H groups in total. The van der Waals surface area contributed by atoms with Crippen molar-refractivity contribution in [3.05, 3.63) is 0 Å². The number of nitrogens with two attached hydrogens (primary N) is 2. The van der Waals surface area contributed by atoms with E-state index in [0.717, 1.165) is 6.42 Å². The summed E-state index contributed by atoms with van der Waals surface area (Å²) in [6, 6.07) is -0.173. The second kappa shape index (κ2) is 5.06. The van der Waals surface area contributed by atoms with Crippen LogP contribution < -0.4 is 11.5 Å².